The van der Waals surface area contributed by atoms with Gasteiger partial charge in [-0.2, -0.15) is 0 Å². The van der Waals surface area contributed by atoms with Gasteiger partial charge in [0.1, 0.15) is 13.2 Å². The molecule has 0 amide bonds. The molecule has 0 aliphatic rings. The molecular formula is C77H126O6. The number of rotatable bonds is 61. The van der Waals surface area contributed by atoms with Gasteiger partial charge in [-0.25, -0.2) is 0 Å². The Hall–Kier alpha value is -4.71. The molecule has 0 bridgehead atoms. The van der Waals surface area contributed by atoms with Gasteiger partial charge in [0.05, 0.1) is 0 Å². The van der Waals surface area contributed by atoms with E-state index in [-0.39, 0.29) is 31.1 Å². The molecule has 6 heteroatoms. The van der Waals surface area contributed by atoms with Crippen LogP contribution in [0.1, 0.15) is 303 Å². The second-order valence-corrected chi connectivity index (χ2v) is 22.3. The zero-order valence-electron chi connectivity index (χ0n) is 53.9. The minimum Gasteiger partial charge on any atom is -0.462 e. The topological polar surface area (TPSA) is 78.9 Å². The molecule has 0 fully saturated rings. The van der Waals surface area contributed by atoms with Gasteiger partial charge in [0, 0.05) is 19.3 Å². The zero-order chi connectivity index (χ0) is 59.9. The van der Waals surface area contributed by atoms with Crippen molar-refractivity contribution in [3.8, 4) is 0 Å². The Bertz CT molecular complexity index is 1800. The van der Waals surface area contributed by atoms with Crippen molar-refractivity contribution in [2.75, 3.05) is 13.2 Å². The van der Waals surface area contributed by atoms with Crippen LogP contribution < -0.4 is 0 Å². The van der Waals surface area contributed by atoms with Crippen LogP contribution in [-0.2, 0) is 28.6 Å². The van der Waals surface area contributed by atoms with E-state index in [0.29, 0.717) is 19.3 Å². The standard InChI is InChI=1S/C77H126O6/c1-4-7-10-13-16-19-22-25-28-30-31-32-33-34-35-36-37-38-39-40-41-42-43-44-45-47-49-52-55-58-61-64-67-70-76(79)82-73-74(72-81-75(78)69-66-63-60-57-54-51-48-27-24-21-18-15-12-9-6-3)83-77(80)71-68-65-62-59-56-53-50-46-29-26-23-20-17-14-11-8-5-2/h7-12,16-21,25-29,31-32,34-35,48,50,53,74H,4-6,13-15,22-24,30,33,36-47,49,51-52,54-73H2,1-3H3/b10-7-,11-8-,12-9-,19-16-,20-17-,21-18-,28-25-,29-26-,32-31-,35-34-,48-27-,53-50-. The number of esters is 3. The van der Waals surface area contributed by atoms with E-state index in [1.54, 1.807) is 0 Å². The molecule has 0 aromatic heterocycles. The van der Waals surface area contributed by atoms with Gasteiger partial charge in [0.15, 0.2) is 6.10 Å². The monoisotopic (exact) mass is 1150 g/mol. The summed E-state index contributed by atoms with van der Waals surface area (Å²) in [6.45, 7) is 6.28. The van der Waals surface area contributed by atoms with Crippen LogP contribution in [0, 0.1) is 0 Å². The molecular weight excluding hydrogens is 1020 g/mol. The first-order valence-electron chi connectivity index (χ1n) is 34.3. The number of hydrogen-bond donors (Lipinski definition) is 0. The van der Waals surface area contributed by atoms with E-state index in [1.165, 1.54) is 96.3 Å². The van der Waals surface area contributed by atoms with Gasteiger partial charge in [-0.05, 0) is 135 Å². The highest BCUT2D eigenvalue weighted by atomic mass is 16.6. The first kappa shape index (κ1) is 78.3. The highest BCUT2D eigenvalue weighted by Crippen LogP contribution is 2.16. The first-order chi connectivity index (χ1) is 41.0. The van der Waals surface area contributed by atoms with Gasteiger partial charge < -0.3 is 14.2 Å². The third kappa shape index (κ3) is 68.0. The van der Waals surface area contributed by atoms with Gasteiger partial charge in [-0.15, -0.1) is 0 Å². The average Bonchev–Trinajstić information content (AvgIpc) is 3.49. The van der Waals surface area contributed by atoms with Crippen LogP contribution in [0.5, 0.6) is 0 Å². The molecule has 6 nitrogen and oxygen atoms in total. The van der Waals surface area contributed by atoms with Crippen molar-refractivity contribution in [1.29, 1.82) is 0 Å². The number of carbonyl (C=O) groups excluding carboxylic acids is 3. The summed E-state index contributed by atoms with van der Waals surface area (Å²) in [6.07, 6.45) is 100. The molecule has 0 heterocycles. The number of carbonyl (C=O) groups is 3. The fourth-order valence-corrected chi connectivity index (χ4v) is 9.30. The van der Waals surface area contributed by atoms with Gasteiger partial charge >= 0.3 is 17.9 Å². The van der Waals surface area contributed by atoms with Crippen LogP contribution in [0.2, 0.25) is 0 Å². The van der Waals surface area contributed by atoms with E-state index in [9.17, 15) is 14.4 Å². The second kappa shape index (κ2) is 69.8. The smallest absolute Gasteiger partial charge is 0.306 e. The quantitative estimate of drug-likeness (QED) is 0.0261. The van der Waals surface area contributed by atoms with Crippen LogP contribution >= 0.6 is 0 Å². The molecule has 83 heavy (non-hydrogen) atoms. The van der Waals surface area contributed by atoms with Gasteiger partial charge in [-0.3, -0.25) is 14.4 Å². The molecule has 0 aromatic carbocycles. The SMILES string of the molecule is CC/C=C\C/C=C\C/C=C\C/C=C\C/C=C\CCCCCCCCCCCCCCCCCCCC(=O)OCC(COC(=O)CCCCCCC/C=C\C/C=C\C/C=C\CC)OC(=O)CCCCCC/C=C\C/C=C\C/C=C\C/C=C\CC. The lowest BCUT2D eigenvalue weighted by atomic mass is 10.0. The van der Waals surface area contributed by atoms with E-state index in [0.717, 1.165) is 167 Å². The number of allylic oxidation sites excluding steroid dienone is 24. The molecule has 0 spiro atoms. The maximum Gasteiger partial charge on any atom is 0.306 e. The van der Waals surface area contributed by atoms with Crippen LogP contribution in [0.4, 0.5) is 0 Å². The van der Waals surface area contributed by atoms with Crippen molar-refractivity contribution < 1.29 is 28.6 Å². The third-order valence-electron chi connectivity index (χ3n) is 14.3. The molecule has 0 saturated heterocycles. The Labute approximate surface area is 512 Å². The minimum atomic E-state index is -0.804. The molecule has 0 N–H and O–H groups in total. The van der Waals surface area contributed by atoms with Crippen LogP contribution in [0.15, 0.2) is 146 Å². The lowest BCUT2D eigenvalue weighted by Crippen LogP contribution is -2.30. The molecule has 0 radical (unpaired) electrons. The maximum atomic E-state index is 12.9. The van der Waals surface area contributed by atoms with Crippen LogP contribution in [0.25, 0.3) is 0 Å². The molecule has 1 unspecified atom stereocenters. The largest absolute Gasteiger partial charge is 0.462 e. The summed E-state index contributed by atoms with van der Waals surface area (Å²) in [5.74, 6) is -0.932. The van der Waals surface area contributed by atoms with Crippen LogP contribution in [0.3, 0.4) is 0 Å². The molecule has 0 rings (SSSR count). The number of ether oxygens (including phenoxy) is 3. The first-order valence-corrected chi connectivity index (χ1v) is 34.3. The normalized spacial score (nSPS) is 13.0. The van der Waals surface area contributed by atoms with Gasteiger partial charge in [-0.1, -0.05) is 295 Å². The Balaban J connectivity index is 4.26. The molecule has 0 saturated carbocycles. The molecule has 1 atom stereocenters. The van der Waals surface area contributed by atoms with E-state index >= 15 is 0 Å². The summed E-state index contributed by atoms with van der Waals surface area (Å²) < 4.78 is 16.9. The summed E-state index contributed by atoms with van der Waals surface area (Å²) in [5, 5.41) is 0. The van der Waals surface area contributed by atoms with E-state index in [1.807, 2.05) is 0 Å². The lowest BCUT2D eigenvalue weighted by Gasteiger charge is -2.18. The van der Waals surface area contributed by atoms with Crippen LogP contribution in [-0.4, -0.2) is 37.2 Å². The summed E-state index contributed by atoms with van der Waals surface area (Å²) in [5.41, 5.74) is 0. The van der Waals surface area contributed by atoms with Crippen molar-refractivity contribution in [2.24, 2.45) is 0 Å². The maximum absolute atomic E-state index is 12.9. The summed E-state index contributed by atoms with van der Waals surface area (Å²) >= 11 is 0. The lowest BCUT2D eigenvalue weighted by molar-refractivity contribution is -0.167. The zero-order valence-corrected chi connectivity index (χ0v) is 53.9. The number of hydrogen-bond acceptors (Lipinski definition) is 6. The predicted octanol–water partition coefficient (Wildman–Crippen LogP) is 23.9. The molecule has 0 aliphatic carbocycles. The second-order valence-electron chi connectivity index (χ2n) is 22.3. The Morgan fingerprint density at radius 1 is 0.241 bits per heavy atom. The van der Waals surface area contributed by atoms with E-state index in [4.69, 9.17) is 14.2 Å². The van der Waals surface area contributed by atoms with Gasteiger partial charge in [0.2, 0.25) is 0 Å². The highest BCUT2D eigenvalue weighted by Gasteiger charge is 2.19. The molecule has 470 valence electrons. The Morgan fingerprint density at radius 3 is 0.675 bits per heavy atom. The van der Waals surface area contributed by atoms with Crippen molar-refractivity contribution in [3.63, 3.8) is 0 Å². The highest BCUT2D eigenvalue weighted by molar-refractivity contribution is 5.71. The van der Waals surface area contributed by atoms with Crippen molar-refractivity contribution >= 4 is 17.9 Å². The fourth-order valence-electron chi connectivity index (χ4n) is 9.30. The fraction of sp³-hybridized carbons (Fsp3) is 0.649. The van der Waals surface area contributed by atoms with Crippen molar-refractivity contribution in [1.82, 2.24) is 0 Å². The molecule has 0 aromatic rings. The van der Waals surface area contributed by atoms with Crippen molar-refractivity contribution in [2.45, 2.75) is 309 Å². The van der Waals surface area contributed by atoms with Gasteiger partial charge in [0.25, 0.3) is 0 Å². The van der Waals surface area contributed by atoms with E-state index < -0.39 is 6.10 Å². The minimum absolute atomic E-state index is 0.0960. The average molecular weight is 1150 g/mol. The molecule has 0 aliphatic heterocycles. The Kier molecular flexibility index (Phi) is 65.8. The number of unbranched alkanes of at least 4 members (excludes halogenated alkanes) is 26. The summed E-state index contributed by atoms with van der Waals surface area (Å²) in [6, 6.07) is 0. The summed E-state index contributed by atoms with van der Waals surface area (Å²) in [7, 11) is 0. The van der Waals surface area contributed by atoms with Crippen molar-refractivity contribution in [3.05, 3.63) is 146 Å². The predicted molar refractivity (Wildman–Crippen MR) is 362 cm³/mol. The van der Waals surface area contributed by atoms with E-state index in [2.05, 4.69) is 167 Å². The summed E-state index contributed by atoms with van der Waals surface area (Å²) in [4.78, 5) is 38.4. The third-order valence-corrected chi connectivity index (χ3v) is 14.3. The Morgan fingerprint density at radius 2 is 0.434 bits per heavy atom.